The molecule has 1 heterocycles. The first-order valence-corrected chi connectivity index (χ1v) is 6.84. The van der Waals surface area contributed by atoms with E-state index in [-0.39, 0.29) is 10.0 Å². The molecule has 5 nitrogen and oxygen atoms in total. The lowest BCUT2D eigenvalue weighted by molar-refractivity contribution is -0.107. The minimum absolute atomic E-state index is 0.227. The molecule has 0 spiro atoms. The Kier molecular flexibility index (Phi) is 4.42. The second kappa shape index (κ2) is 5.91. The molecular weight excluding hydrogens is 323 g/mol. The first kappa shape index (κ1) is 15.0. The van der Waals surface area contributed by atoms with Gasteiger partial charge in [0, 0.05) is 6.54 Å². The molecule has 2 rings (SSSR count). The van der Waals surface area contributed by atoms with Gasteiger partial charge in [0.25, 0.3) is 0 Å². The third-order valence-electron chi connectivity index (χ3n) is 2.81. The van der Waals surface area contributed by atoms with E-state index in [0.717, 1.165) is 0 Å². The highest BCUT2D eigenvalue weighted by Crippen LogP contribution is 2.36. The summed E-state index contributed by atoms with van der Waals surface area (Å²) in [6.07, 6.45) is 2.18. The molecule has 8 heteroatoms. The van der Waals surface area contributed by atoms with E-state index in [0.29, 0.717) is 35.2 Å². The van der Waals surface area contributed by atoms with Crippen LogP contribution in [0.25, 0.3) is 5.69 Å². The highest BCUT2D eigenvalue weighted by atomic mass is 35.5. The van der Waals surface area contributed by atoms with Crippen LogP contribution in [0.1, 0.15) is 6.92 Å². The minimum atomic E-state index is 0.227. The molecule has 0 atom stereocenters. The average Bonchev–Trinajstić information content (AvgIpc) is 2.80. The van der Waals surface area contributed by atoms with E-state index in [2.05, 4.69) is 5.10 Å². The van der Waals surface area contributed by atoms with Gasteiger partial charge in [-0.25, -0.2) is 4.68 Å². The molecule has 0 fully saturated rings. The average molecular weight is 334 g/mol. The first-order chi connectivity index (χ1) is 9.51. The van der Waals surface area contributed by atoms with Gasteiger partial charge in [-0.2, -0.15) is 5.10 Å². The van der Waals surface area contributed by atoms with Gasteiger partial charge in [0.05, 0.1) is 27.0 Å². The molecule has 1 aromatic carbocycles. The van der Waals surface area contributed by atoms with Gasteiger partial charge in [-0.1, -0.05) is 34.8 Å². The lowest BCUT2D eigenvalue weighted by Gasteiger charge is -2.14. The summed E-state index contributed by atoms with van der Waals surface area (Å²) < 4.78 is 1.41. The number of rotatable bonds is 4. The Hall–Kier alpha value is -1.43. The number of nitrogens with zero attached hydrogens (tertiary/aromatic N) is 3. The fourth-order valence-electron chi connectivity index (χ4n) is 1.74. The number of benzene rings is 1. The lowest BCUT2D eigenvalue weighted by atomic mass is 10.3. The van der Waals surface area contributed by atoms with Gasteiger partial charge in [0.2, 0.25) is 6.41 Å². The summed E-state index contributed by atoms with van der Waals surface area (Å²) in [4.78, 5) is 12.4. The largest absolute Gasteiger partial charge is 0.382 e. The molecule has 1 aromatic heterocycles. The van der Waals surface area contributed by atoms with Crippen LogP contribution >= 0.6 is 34.8 Å². The number of anilines is 2. The van der Waals surface area contributed by atoms with Crippen LogP contribution in [0.5, 0.6) is 0 Å². The fraction of sp³-hybridized carbons (Fsp3) is 0.167. The summed E-state index contributed by atoms with van der Waals surface area (Å²) in [5.41, 5.74) is 7.01. The predicted octanol–water partition coefficient (Wildman–Crippen LogP) is 3.40. The molecular formula is C12H11Cl3N4O. The van der Waals surface area contributed by atoms with Crippen LogP contribution in [0.4, 0.5) is 11.5 Å². The number of aromatic nitrogens is 2. The van der Waals surface area contributed by atoms with Crippen molar-refractivity contribution in [3.05, 3.63) is 33.4 Å². The smallest absolute Gasteiger partial charge is 0.214 e. The molecule has 0 radical (unpaired) electrons. The highest BCUT2D eigenvalue weighted by Gasteiger charge is 2.17. The molecule has 106 valence electrons. The zero-order valence-electron chi connectivity index (χ0n) is 10.5. The van der Waals surface area contributed by atoms with Crippen molar-refractivity contribution >= 4 is 52.7 Å². The summed E-state index contributed by atoms with van der Waals surface area (Å²) >= 11 is 18.0. The van der Waals surface area contributed by atoms with E-state index < -0.39 is 0 Å². The van der Waals surface area contributed by atoms with Crippen LogP contribution in [0.2, 0.25) is 15.1 Å². The Bertz CT molecular complexity index is 656. The third-order valence-corrected chi connectivity index (χ3v) is 4.09. The van der Waals surface area contributed by atoms with Crippen LogP contribution in [0.15, 0.2) is 18.3 Å². The van der Waals surface area contributed by atoms with E-state index in [4.69, 9.17) is 40.5 Å². The van der Waals surface area contributed by atoms with Crippen molar-refractivity contribution in [3.8, 4) is 5.69 Å². The van der Waals surface area contributed by atoms with Crippen LogP contribution in [-0.4, -0.2) is 22.7 Å². The Morgan fingerprint density at radius 1 is 1.35 bits per heavy atom. The minimum Gasteiger partial charge on any atom is -0.382 e. The normalized spacial score (nSPS) is 10.6. The maximum atomic E-state index is 11.0. The van der Waals surface area contributed by atoms with Crippen molar-refractivity contribution in [2.75, 3.05) is 17.2 Å². The number of carbonyl (C=O) groups excluding carboxylic acids is 1. The van der Waals surface area contributed by atoms with Gasteiger partial charge in [0.1, 0.15) is 5.69 Å². The zero-order valence-corrected chi connectivity index (χ0v) is 12.7. The molecule has 0 unspecified atom stereocenters. The number of carbonyl (C=O) groups is 1. The molecule has 0 saturated heterocycles. The van der Waals surface area contributed by atoms with Gasteiger partial charge in [0.15, 0.2) is 5.82 Å². The summed E-state index contributed by atoms with van der Waals surface area (Å²) in [6, 6.07) is 3.25. The zero-order chi connectivity index (χ0) is 14.9. The van der Waals surface area contributed by atoms with Gasteiger partial charge >= 0.3 is 0 Å². The summed E-state index contributed by atoms with van der Waals surface area (Å²) in [5, 5.41) is 4.95. The quantitative estimate of drug-likeness (QED) is 0.689. The molecule has 20 heavy (non-hydrogen) atoms. The second-order valence-corrected chi connectivity index (χ2v) is 5.08. The van der Waals surface area contributed by atoms with Gasteiger partial charge in [-0.05, 0) is 19.1 Å². The van der Waals surface area contributed by atoms with Crippen molar-refractivity contribution in [1.29, 1.82) is 0 Å². The van der Waals surface area contributed by atoms with Crippen molar-refractivity contribution in [3.63, 3.8) is 0 Å². The maximum Gasteiger partial charge on any atom is 0.214 e. The molecule has 0 aliphatic heterocycles. The Morgan fingerprint density at radius 3 is 2.65 bits per heavy atom. The van der Waals surface area contributed by atoms with Gasteiger partial charge in [-0.15, -0.1) is 0 Å². The van der Waals surface area contributed by atoms with Crippen molar-refractivity contribution in [2.45, 2.75) is 6.92 Å². The van der Waals surface area contributed by atoms with Gasteiger partial charge in [-0.3, -0.25) is 4.79 Å². The summed E-state index contributed by atoms with van der Waals surface area (Å²) in [6.45, 7) is 2.31. The standard InChI is InChI=1S/C12H11Cl3N4O/c1-2-18(6-20)9-5-17-19(12(9)16)8-4-3-7(13)10(14)11(8)15/h3-6H,2,16H2,1H3. The Labute approximate surface area is 130 Å². The molecule has 1 amide bonds. The van der Waals surface area contributed by atoms with Crippen LogP contribution in [-0.2, 0) is 4.79 Å². The molecule has 2 aromatic rings. The Balaban J connectivity index is 2.55. The number of amides is 1. The number of nitrogen functional groups attached to an aromatic ring is 1. The molecule has 0 bridgehead atoms. The number of hydrogen-bond acceptors (Lipinski definition) is 3. The van der Waals surface area contributed by atoms with Crippen molar-refractivity contribution in [1.82, 2.24) is 9.78 Å². The number of hydrogen-bond donors (Lipinski definition) is 1. The van der Waals surface area contributed by atoms with Crippen LogP contribution < -0.4 is 10.6 Å². The van der Waals surface area contributed by atoms with Crippen molar-refractivity contribution in [2.24, 2.45) is 0 Å². The molecule has 0 aliphatic carbocycles. The third kappa shape index (κ3) is 2.44. The maximum absolute atomic E-state index is 11.0. The van der Waals surface area contributed by atoms with Crippen LogP contribution in [0, 0.1) is 0 Å². The fourth-order valence-corrected chi connectivity index (χ4v) is 2.35. The molecule has 2 N–H and O–H groups in total. The van der Waals surface area contributed by atoms with E-state index in [1.807, 2.05) is 6.92 Å². The Morgan fingerprint density at radius 2 is 2.05 bits per heavy atom. The van der Waals surface area contributed by atoms with E-state index >= 15 is 0 Å². The van der Waals surface area contributed by atoms with E-state index in [1.54, 1.807) is 12.1 Å². The molecule has 0 aliphatic rings. The first-order valence-electron chi connectivity index (χ1n) is 5.70. The highest BCUT2D eigenvalue weighted by molar-refractivity contribution is 6.48. The topological polar surface area (TPSA) is 64.2 Å². The van der Waals surface area contributed by atoms with Crippen LogP contribution in [0.3, 0.4) is 0 Å². The summed E-state index contributed by atoms with van der Waals surface area (Å²) in [7, 11) is 0. The van der Waals surface area contributed by atoms with Gasteiger partial charge < -0.3 is 10.6 Å². The van der Waals surface area contributed by atoms with E-state index in [1.165, 1.54) is 15.8 Å². The SMILES string of the molecule is CCN(C=O)c1cnn(-c2ccc(Cl)c(Cl)c2Cl)c1N. The second-order valence-electron chi connectivity index (χ2n) is 3.91. The molecule has 0 saturated carbocycles. The predicted molar refractivity (Wildman–Crippen MR) is 82.1 cm³/mol. The summed E-state index contributed by atoms with van der Waals surface area (Å²) in [5.74, 6) is 0.291. The number of halogens is 3. The lowest BCUT2D eigenvalue weighted by Crippen LogP contribution is -2.21. The monoisotopic (exact) mass is 332 g/mol. The number of nitrogens with two attached hydrogens (primary N) is 1. The van der Waals surface area contributed by atoms with E-state index in [9.17, 15) is 4.79 Å². The van der Waals surface area contributed by atoms with Crippen molar-refractivity contribution < 1.29 is 4.79 Å².